The zero-order chi connectivity index (χ0) is 12.5. The molecule has 0 aliphatic carbocycles. The van der Waals surface area contributed by atoms with Gasteiger partial charge in [0.05, 0.1) is 0 Å². The van der Waals surface area contributed by atoms with Crippen LogP contribution in [0.15, 0.2) is 24.3 Å². The Morgan fingerprint density at radius 3 is 2.76 bits per heavy atom. The zero-order valence-electron chi connectivity index (χ0n) is 11.1. The number of hydrogen-bond acceptors (Lipinski definition) is 2. The third kappa shape index (κ3) is 2.63. The molecule has 0 amide bonds. The molecule has 94 valence electrons. The maximum absolute atomic E-state index is 9.31. The van der Waals surface area contributed by atoms with Crippen LogP contribution in [0.1, 0.15) is 32.3 Å². The van der Waals surface area contributed by atoms with E-state index in [1.165, 1.54) is 11.3 Å². The standard InChI is InChI=1S/C15H23NO/c1-12-5-4-6-14(9-12)16-8-7-13(11-17)10-15(16,2)3/h4-6,9,13,17H,7-8,10-11H2,1-3H3. The molecule has 1 aliphatic rings. The fraction of sp³-hybridized carbons (Fsp3) is 0.600. The number of hydrogen-bond donors (Lipinski definition) is 1. The monoisotopic (exact) mass is 233 g/mol. The number of aryl methyl sites for hydroxylation is 1. The first kappa shape index (κ1) is 12.4. The first-order chi connectivity index (χ1) is 8.03. The second-order valence-corrected chi connectivity index (χ2v) is 5.84. The Hall–Kier alpha value is -1.02. The van der Waals surface area contributed by atoms with Crippen LogP contribution in [0, 0.1) is 12.8 Å². The molecule has 2 rings (SSSR count). The van der Waals surface area contributed by atoms with Gasteiger partial charge >= 0.3 is 0 Å². The van der Waals surface area contributed by atoms with Gasteiger partial charge in [-0.05, 0) is 57.2 Å². The van der Waals surface area contributed by atoms with Gasteiger partial charge in [-0.1, -0.05) is 12.1 Å². The van der Waals surface area contributed by atoms with E-state index in [9.17, 15) is 5.11 Å². The molecule has 0 saturated carbocycles. The Labute approximate surface area is 104 Å². The highest BCUT2D eigenvalue weighted by Gasteiger charge is 2.34. The van der Waals surface area contributed by atoms with Gasteiger partial charge in [0.15, 0.2) is 0 Å². The smallest absolute Gasteiger partial charge is 0.0460 e. The Balaban J connectivity index is 2.22. The van der Waals surface area contributed by atoms with Crippen molar-refractivity contribution in [2.24, 2.45) is 5.92 Å². The average Bonchev–Trinajstić information content (AvgIpc) is 2.27. The van der Waals surface area contributed by atoms with E-state index in [0.29, 0.717) is 12.5 Å². The molecule has 2 nitrogen and oxygen atoms in total. The van der Waals surface area contributed by atoms with Crippen molar-refractivity contribution in [1.82, 2.24) is 0 Å². The van der Waals surface area contributed by atoms with Crippen molar-refractivity contribution in [1.29, 1.82) is 0 Å². The number of piperidine rings is 1. The topological polar surface area (TPSA) is 23.5 Å². The molecule has 1 N–H and O–H groups in total. The summed E-state index contributed by atoms with van der Waals surface area (Å²) < 4.78 is 0. The minimum absolute atomic E-state index is 0.138. The van der Waals surface area contributed by atoms with Crippen LogP contribution in [0.25, 0.3) is 0 Å². The van der Waals surface area contributed by atoms with Crippen molar-refractivity contribution < 1.29 is 5.11 Å². The molecule has 1 unspecified atom stereocenters. The Bertz CT molecular complexity index is 386. The number of rotatable bonds is 2. The Morgan fingerprint density at radius 2 is 2.18 bits per heavy atom. The average molecular weight is 233 g/mol. The zero-order valence-corrected chi connectivity index (χ0v) is 11.1. The maximum atomic E-state index is 9.31. The van der Waals surface area contributed by atoms with Gasteiger partial charge < -0.3 is 10.0 Å². The highest BCUT2D eigenvalue weighted by molar-refractivity contribution is 5.51. The van der Waals surface area contributed by atoms with E-state index < -0.39 is 0 Å². The predicted molar refractivity (Wildman–Crippen MR) is 72.4 cm³/mol. The lowest BCUT2D eigenvalue weighted by atomic mass is 9.82. The molecule has 0 bridgehead atoms. The number of aliphatic hydroxyl groups excluding tert-OH is 1. The minimum Gasteiger partial charge on any atom is -0.396 e. The third-order valence-corrected chi connectivity index (χ3v) is 3.85. The van der Waals surface area contributed by atoms with Crippen LogP contribution in [-0.4, -0.2) is 23.8 Å². The maximum Gasteiger partial charge on any atom is 0.0460 e. The molecule has 17 heavy (non-hydrogen) atoms. The molecule has 1 aromatic carbocycles. The van der Waals surface area contributed by atoms with E-state index in [4.69, 9.17) is 0 Å². The summed E-state index contributed by atoms with van der Waals surface area (Å²) in [4.78, 5) is 2.48. The molecule has 1 atom stereocenters. The summed E-state index contributed by atoms with van der Waals surface area (Å²) in [5.74, 6) is 0.464. The van der Waals surface area contributed by atoms with Crippen molar-refractivity contribution in [3.05, 3.63) is 29.8 Å². The fourth-order valence-corrected chi connectivity index (χ4v) is 2.96. The first-order valence-corrected chi connectivity index (χ1v) is 6.48. The number of aliphatic hydroxyl groups is 1. The van der Waals surface area contributed by atoms with Crippen molar-refractivity contribution in [2.45, 2.75) is 39.2 Å². The predicted octanol–water partition coefficient (Wildman–Crippen LogP) is 2.98. The normalized spacial score (nSPS) is 23.8. The van der Waals surface area contributed by atoms with Gasteiger partial charge in [0.2, 0.25) is 0 Å². The van der Waals surface area contributed by atoms with Crippen LogP contribution in [-0.2, 0) is 0 Å². The lowest BCUT2D eigenvalue weighted by Crippen LogP contribution is -2.50. The molecular weight excluding hydrogens is 210 g/mol. The molecule has 2 heteroatoms. The number of anilines is 1. The molecule has 1 aromatic rings. The lowest BCUT2D eigenvalue weighted by Gasteiger charge is -2.47. The minimum atomic E-state index is 0.138. The second-order valence-electron chi connectivity index (χ2n) is 5.84. The van der Waals surface area contributed by atoms with Crippen molar-refractivity contribution in [2.75, 3.05) is 18.1 Å². The van der Waals surface area contributed by atoms with Crippen LogP contribution < -0.4 is 4.90 Å². The quantitative estimate of drug-likeness (QED) is 0.849. The van der Waals surface area contributed by atoms with E-state index in [1.807, 2.05) is 0 Å². The molecule has 0 radical (unpaired) electrons. The summed E-state index contributed by atoms with van der Waals surface area (Å²) in [5, 5.41) is 9.31. The van der Waals surface area contributed by atoms with E-state index in [1.54, 1.807) is 0 Å². The van der Waals surface area contributed by atoms with Crippen molar-refractivity contribution in [3.8, 4) is 0 Å². The largest absolute Gasteiger partial charge is 0.396 e. The van der Waals surface area contributed by atoms with Gasteiger partial charge in [-0.25, -0.2) is 0 Å². The van der Waals surface area contributed by atoms with E-state index >= 15 is 0 Å². The van der Waals surface area contributed by atoms with Crippen molar-refractivity contribution >= 4 is 5.69 Å². The van der Waals surface area contributed by atoms with Crippen LogP contribution >= 0.6 is 0 Å². The highest BCUT2D eigenvalue weighted by Crippen LogP contribution is 2.35. The van der Waals surface area contributed by atoms with Crippen LogP contribution in [0.3, 0.4) is 0 Å². The SMILES string of the molecule is Cc1cccc(N2CCC(CO)CC2(C)C)c1. The summed E-state index contributed by atoms with van der Waals surface area (Å²) in [5.41, 5.74) is 2.76. The van der Waals surface area contributed by atoms with Gasteiger partial charge in [0.25, 0.3) is 0 Å². The number of nitrogens with zero attached hydrogens (tertiary/aromatic N) is 1. The van der Waals surface area contributed by atoms with Gasteiger partial charge in [-0.3, -0.25) is 0 Å². The summed E-state index contributed by atoms with van der Waals surface area (Å²) in [6.45, 7) is 8.05. The fourth-order valence-electron chi connectivity index (χ4n) is 2.96. The highest BCUT2D eigenvalue weighted by atomic mass is 16.3. The van der Waals surface area contributed by atoms with Crippen LogP contribution in [0.2, 0.25) is 0 Å². The van der Waals surface area contributed by atoms with Gasteiger partial charge in [0, 0.05) is 24.4 Å². The molecule has 0 spiro atoms. The van der Waals surface area contributed by atoms with Crippen LogP contribution in [0.4, 0.5) is 5.69 Å². The summed E-state index contributed by atoms with van der Waals surface area (Å²) in [6.07, 6.45) is 2.16. The van der Waals surface area contributed by atoms with Crippen LogP contribution in [0.5, 0.6) is 0 Å². The van der Waals surface area contributed by atoms with Crippen molar-refractivity contribution in [3.63, 3.8) is 0 Å². The van der Waals surface area contributed by atoms with Gasteiger partial charge in [-0.2, -0.15) is 0 Å². The number of benzene rings is 1. The second kappa shape index (κ2) is 4.69. The molecular formula is C15H23NO. The first-order valence-electron chi connectivity index (χ1n) is 6.48. The molecule has 0 aromatic heterocycles. The van der Waals surface area contributed by atoms with Gasteiger partial charge in [0.1, 0.15) is 0 Å². The molecule has 1 aliphatic heterocycles. The summed E-state index contributed by atoms with van der Waals surface area (Å²) in [6, 6.07) is 8.70. The molecule has 1 fully saturated rings. The van der Waals surface area contributed by atoms with E-state index in [0.717, 1.165) is 19.4 Å². The van der Waals surface area contributed by atoms with E-state index in [-0.39, 0.29) is 5.54 Å². The summed E-state index contributed by atoms with van der Waals surface area (Å²) in [7, 11) is 0. The third-order valence-electron chi connectivity index (χ3n) is 3.85. The van der Waals surface area contributed by atoms with Gasteiger partial charge in [-0.15, -0.1) is 0 Å². The Kier molecular flexibility index (Phi) is 3.43. The molecule has 1 heterocycles. The lowest BCUT2D eigenvalue weighted by molar-refractivity contribution is 0.166. The van der Waals surface area contributed by atoms with E-state index in [2.05, 4.69) is 49.9 Å². The summed E-state index contributed by atoms with van der Waals surface area (Å²) >= 11 is 0. The Morgan fingerprint density at radius 1 is 1.41 bits per heavy atom. The molecule has 1 saturated heterocycles.